The molecule has 0 aliphatic carbocycles. The van der Waals surface area contributed by atoms with Gasteiger partial charge in [0, 0.05) is 10.5 Å². The van der Waals surface area contributed by atoms with Crippen molar-refractivity contribution in [3.8, 4) is 0 Å². The van der Waals surface area contributed by atoms with Crippen molar-refractivity contribution in [3.63, 3.8) is 0 Å². The lowest BCUT2D eigenvalue weighted by atomic mass is 10.1. The van der Waals surface area contributed by atoms with Crippen molar-refractivity contribution in [2.45, 2.75) is 13.3 Å². The van der Waals surface area contributed by atoms with Gasteiger partial charge in [-0.3, -0.25) is 4.79 Å². The number of nitrogens with one attached hydrogen (secondary N) is 1. The van der Waals surface area contributed by atoms with Crippen LogP contribution in [-0.2, 0) is 11.2 Å². The summed E-state index contributed by atoms with van der Waals surface area (Å²) in [6, 6.07) is 6.60. The number of anilines is 2. The SMILES string of the molecule is Cc1cc(Br)cc(N)c1NC(=O)Cc1ccc(F)cc1F. The fraction of sp³-hybridized carbons (Fsp3) is 0.133. The van der Waals surface area contributed by atoms with Crippen LogP contribution in [0.3, 0.4) is 0 Å². The van der Waals surface area contributed by atoms with Crippen LogP contribution in [0.1, 0.15) is 11.1 Å². The molecular weight excluding hydrogens is 342 g/mol. The Kier molecular flexibility index (Phi) is 4.57. The molecule has 21 heavy (non-hydrogen) atoms. The number of carbonyl (C=O) groups is 1. The first-order valence-electron chi connectivity index (χ1n) is 6.16. The van der Waals surface area contributed by atoms with Crippen LogP contribution >= 0.6 is 15.9 Å². The minimum absolute atomic E-state index is 0.127. The van der Waals surface area contributed by atoms with Crippen LogP contribution in [0.4, 0.5) is 20.2 Å². The van der Waals surface area contributed by atoms with E-state index in [-0.39, 0.29) is 12.0 Å². The number of amides is 1. The standard InChI is InChI=1S/C15H13BrF2N2O/c1-8-4-10(16)6-13(19)15(8)20-14(21)5-9-2-3-11(17)7-12(9)18/h2-4,6-7H,5,19H2,1H3,(H,20,21). The van der Waals surface area contributed by atoms with Gasteiger partial charge in [-0.2, -0.15) is 0 Å². The number of carbonyl (C=O) groups excluding carboxylic acids is 1. The van der Waals surface area contributed by atoms with Crippen LogP contribution in [0.15, 0.2) is 34.8 Å². The summed E-state index contributed by atoms with van der Waals surface area (Å²) in [7, 11) is 0. The Bertz CT molecular complexity index is 681. The lowest BCUT2D eigenvalue weighted by molar-refractivity contribution is -0.115. The molecule has 3 N–H and O–H groups in total. The van der Waals surface area contributed by atoms with E-state index in [4.69, 9.17) is 5.73 Å². The van der Waals surface area contributed by atoms with Gasteiger partial charge in [-0.15, -0.1) is 0 Å². The summed E-state index contributed by atoms with van der Waals surface area (Å²) < 4.78 is 27.1. The minimum Gasteiger partial charge on any atom is -0.397 e. The summed E-state index contributed by atoms with van der Waals surface area (Å²) in [6.45, 7) is 1.80. The summed E-state index contributed by atoms with van der Waals surface area (Å²) in [5, 5.41) is 2.65. The maximum Gasteiger partial charge on any atom is 0.228 e. The third kappa shape index (κ3) is 3.78. The third-order valence-corrected chi connectivity index (χ3v) is 3.42. The summed E-state index contributed by atoms with van der Waals surface area (Å²) in [5.41, 5.74) is 7.66. The zero-order chi connectivity index (χ0) is 15.6. The zero-order valence-electron chi connectivity index (χ0n) is 11.2. The predicted molar refractivity (Wildman–Crippen MR) is 82.0 cm³/mol. The summed E-state index contributed by atoms with van der Waals surface area (Å²) in [4.78, 5) is 12.0. The highest BCUT2D eigenvalue weighted by molar-refractivity contribution is 9.10. The number of nitrogen functional groups attached to an aromatic ring is 1. The molecule has 0 saturated carbocycles. The highest BCUT2D eigenvalue weighted by Gasteiger charge is 2.12. The lowest BCUT2D eigenvalue weighted by Gasteiger charge is -2.12. The largest absolute Gasteiger partial charge is 0.397 e. The molecule has 0 atom stereocenters. The van der Waals surface area contributed by atoms with Crippen LogP contribution in [0.2, 0.25) is 0 Å². The van der Waals surface area contributed by atoms with E-state index in [0.717, 1.165) is 22.2 Å². The van der Waals surface area contributed by atoms with Gasteiger partial charge in [-0.05, 0) is 36.2 Å². The van der Waals surface area contributed by atoms with Crippen LogP contribution in [-0.4, -0.2) is 5.91 Å². The molecule has 0 fully saturated rings. The monoisotopic (exact) mass is 354 g/mol. The van der Waals surface area contributed by atoms with Crippen molar-refractivity contribution in [3.05, 3.63) is 57.6 Å². The molecule has 0 bridgehead atoms. The number of nitrogens with two attached hydrogens (primary N) is 1. The third-order valence-electron chi connectivity index (χ3n) is 2.96. The van der Waals surface area contributed by atoms with E-state index in [0.29, 0.717) is 11.4 Å². The smallest absolute Gasteiger partial charge is 0.228 e. The van der Waals surface area contributed by atoms with Gasteiger partial charge < -0.3 is 11.1 Å². The quantitative estimate of drug-likeness (QED) is 0.823. The Morgan fingerprint density at radius 1 is 1.29 bits per heavy atom. The minimum atomic E-state index is -0.745. The Balaban J connectivity index is 2.16. The second-order valence-electron chi connectivity index (χ2n) is 4.65. The molecule has 0 spiro atoms. The Hall–Kier alpha value is -1.95. The Labute approximate surface area is 129 Å². The van der Waals surface area contributed by atoms with Crippen molar-refractivity contribution in [1.82, 2.24) is 0 Å². The summed E-state index contributed by atoms with van der Waals surface area (Å²) >= 11 is 3.31. The fourth-order valence-electron chi connectivity index (χ4n) is 1.96. The van der Waals surface area contributed by atoms with E-state index in [1.807, 2.05) is 6.07 Å². The van der Waals surface area contributed by atoms with Gasteiger partial charge in [0.1, 0.15) is 11.6 Å². The molecule has 3 nitrogen and oxygen atoms in total. The van der Waals surface area contributed by atoms with E-state index in [1.54, 1.807) is 13.0 Å². The molecule has 2 rings (SSSR count). The molecule has 0 saturated heterocycles. The molecule has 2 aromatic rings. The van der Waals surface area contributed by atoms with Gasteiger partial charge >= 0.3 is 0 Å². The van der Waals surface area contributed by atoms with E-state index in [2.05, 4.69) is 21.2 Å². The molecule has 1 amide bonds. The van der Waals surface area contributed by atoms with Crippen LogP contribution in [0.5, 0.6) is 0 Å². The fourth-order valence-corrected chi connectivity index (χ4v) is 2.55. The van der Waals surface area contributed by atoms with Gasteiger partial charge in [0.15, 0.2) is 0 Å². The van der Waals surface area contributed by atoms with Crippen molar-refractivity contribution in [2.24, 2.45) is 0 Å². The van der Waals surface area contributed by atoms with Crippen LogP contribution in [0, 0.1) is 18.6 Å². The van der Waals surface area contributed by atoms with Gasteiger partial charge in [0.25, 0.3) is 0 Å². The maximum absolute atomic E-state index is 13.5. The van der Waals surface area contributed by atoms with Crippen molar-refractivity contribution in [1.29, 1.82) is 0 Å². The summed E-state index contributed by atoms with van der Waals surface area (Å²) in [6.07, 6.45) is -0.193. The number of rotatable bonds is 3. The maximum atomic E-state index is 13.5. The average Bonchev–Trinajstić information content (AvgIpc) is 2.37. The second-order valence-corrected chi connectivity index (χ2v) is 5.56. The van der Waals surface area contributed by atoms with Gasteiger partial charge in [-0.25, -0.2) is 8.78 Å². The van der Waals surface area contributed by atoms with Crippen molar-refractivity contribution >= 4 is 33.2 Å². The number of hydrogen-bond donors (Lipinski definition) is 2. The van der Waals surface area contributed by atoms with Crippen molar-refractivity contribution in [2.75, 3.05) is 11.1 Å². The predicted octanol–water partition coefficient (Wildman–Crippen LogP) is 3.80. The number of benzene rings is 2. The molecule has 0 unspecified atom stereocenters. The molecule has 2 aromatic carbocycles. The highest BCUT2D eigenvalue weighted by Crippen LogP contribution is 2.28. The summed E-state index contributed by atoms with van der Waals surface area (Å²) in [5.74, 6) is -1.84. The first kappa shape index (κ1) is 15.4. The molecule has 0 aromatic heterocycles. The molecule has 0 aliphatic heterocycles. The number of aryl methyl sites for hydroxylation is 1. The van der Waals surface area contributed by atoms with E-state index >= 15 is 0 Å². The second kappa shape index (κ2) is 6.22. The average molecular weight is 355 g/mol. The molecule has 0 heterocycles. The number of hydrogen-bond acceptors (Lipinski definition) is 2. The van der Waals surface area contributed by atoms with Crippen LogP contribution < -0.4 is 11.1 Å². The molecule has 0 radical (unpaired) electrons. The molecular formula is C15H13BrF2N2O. The Morgan fingerprint density at radius 2 is 2.00 bits per heavy atom. The molecule has 110 valence electrons. The first-order chi connectivity index (χ1) is 9.86. The first-order valence-corrected chi connectivity index (χ1v) is 6.95. The molecule has 6 heteroatoms. The Morgan fingerprint density at radius 3 is 2.62 bits per heavy atom. The van der Waals surface area contributed by atoms with Crippen LogP contribution in [0.25, 0.3) is 0 Å². The van der Waals surface area contributed by atoms with Gasteiger partial charge in [0.05, 0.1) is 17.8 Å². The van der Waals surface area contributed by atoms with Gasteiger partial charge in [0.2, 0.25) is 5.91 Å². The van der Waals surface area contributed by atoms with Gasteiger partial charge in [-0.1, -0.05) is 22.0 Å². The van der Waals surface area contributed by atoms with E-state index in [1.165, 1.54) is 6.07 Å². The van der Waals surface area contributed by atoms with E-state index in [9.17, 15) is 13.6 Å². The zero-order valence-corrected chi connectivity index (χ0v) is 12.8. The molecule has 0 aliphatic rings. The normalized spacial score (nSPS) is 10.5. The topological polar surface area (TPSA) is 55.1 Å². The van der Waals surface area contributed by atoms with Crippen molar-refractivity contribution < 1.29 is 13.6 Å². The lowest BCUT2D eigenvalue weighted by Crippen LogP contribution is -2.17. The number of halogens is 3. The van der Waals surface area contributed by atoms with E-state index < -0.39 is 17.5 Å². The highest BCUT2D eigenvalue weighted by atomic mass is 79.9.